The van der Waals surface area contributed by atoms with Crippen molar-refractivity contribution in [2.45, 2.75) is 0 Å². The quantitative estimate of drug-likeness (QED) is 0.356. The van der Waals surface area contributed by atoms with Gasteiger partial charge >= 0.3 is 11.9 Å². The van der Waals surface area contributed by atoms with Crippen molar-refractivity contribution >= 4 is 23.7 Å². The molecule has 0 heterocycles. The van der Waals surface area contributed by atoms with E-state index >= 15 is 0 Å². The van der Waals surface area contributed by atoms with Crippen LogP contribution in [0.4, 0.5) is 5.69 Å². The molecule has 0 bridgehead atoms. The predicted molar refractivity (Wildman–Crippen MR) is 100 cm³/mol. The van der Waals surface area contributed by atoms with Crippen molar-refractivity contribution in [1.82, 2.24) is 0 Å². The van der Waals surface area contributed by atoms with Crippen LogP contribution in [0, 0.1) is 22.7 Å². The molecule has 0 fully saturated rings. The van der Waals surface area contributed by atoms with Gasteiger partial charge in [-0.1, -0.05) is 25.3 Å². The predicted octanol–water partition coefficient (Wildman–Crippen LogP) is 2.38. The van der Waals surface area contributed by atoms with E-state index in [9.17, 15) is 9.59 Å². The van der Waals surface area contributed by atoms with Crippen molar-refractivity contribution in [3.05, 3.63) is 60.7 Å². The molecular weight excluding hydrogens is 346 g/mol. The van der Waals surface area contributed by atoms with E-state index in [1.165, 1.54) is 6.08 Å². The third-order valence-corrected chi connectivity index (χ3v) is 3.35. The second-order valence-corrected chi connectivity index (χ2v) is 5.10. The number of carbonyl (C=O) groups excluding carboxylic acids is 2. The second kappa shape index (κ2) is 11.7. The summed E-state index contributed by atoms with van der Waals surface area (Å²) >= 11 is 0. The Kier molecular flexibility index (Phi) is 9.16. The summed E-state index contributed by atoms with van der Waals surface area (Å²) in [5.41, 5.74) is 1.51. The Balaban J connectivity index is 2.84. The van der Waals surface area contributed by atoms with E-state index in [0.717, 1.165) is 17.8 Å². The molecule has 1 aromatic carbocycles. The highest BCUT2D eigenvalue weighted by Gasteiger charge is 2.09. The highest BCUT2D eigenvalue weighted by Crippen LogP contribution is 2.17. The third-order valence-electron chi connectivity index (χ3n) is 3.35. The van der Waals surface area contributed by atoms with E-state index in [4.69, 9.17) is 20.0 Å². The molecule has 0 radical (unpaired) electrons. The van der Waals surface area contributed by atoms with Gasteiger partial charge in [-0.25, -0.2) is 9.59 Å². The summed E-state index contributed by atoms with van der Waals surface area (Å²) < 4.78 is 9.99. The first-order chi connectivity index (χ1) is 13.0. The first kappa shape index (κ1) is 21.2. The van der Waals surface area contributed by atoms with Gasteiger partial charge in [0.25, 0.3) is 0 Å². The Morgan fingerprint density at radius 2 is 1.44 bits per heavy atom. The monoisotopic (exact) mass is 365 g/mol. The Morgan fingerprint density at radius 1 is 0.963 bits per heavy atom. The van der Waals surface area contributed by atoms with Gasteiger partial charge < -0.3 is 14.4 Å². The fourth-order valence-corrected chi connectivity index (χ4v) is 2.04. The number of esters is 2. The van der Waals surface area contributed by atoms with E-state index in [2.05, 4.69) is 13.2 Å². The summed E-state index contributed by atoms with van der Waals surface area (Å²) in [5.74, 6) is -1.04. The molecule has 0 aliphatic carbocycles. The lowest BCUT2D eigenvalue weighted by Gasteiger charge is -2.24. The molecule has 0 saturated heterocycles. The van der Waals surface area contributed by atoms with Crippen molar-refractivity contribution in [3.8, 4) is 12.1 Å². The number of carbonyl (C=O) groups is 2. The molecule has 0 aromatic heterocycles. The number of nitriles is 2. The molecule has 138 valence electrons. The lowest BCUT2D eigenvalue weighted by Crippen LogP contribution is -2.32. The maximum Gasteiger partial charge on any atom is 0.330 e. The van der Waals surface area contributed by atoms with Crippen LogP contribution in [0.2, 0.25) is 0 Å². The highest BCUT2D eigenvalue weighted by atomic mass is 16.5. The summed E-state index contributed by atoms with van der Waals surface area (Å²) in [6.45, 7) is 7.69. The normalized spacial score (nSPS) is 9.11. The fourth-order valence-electron chi connectivity index (χ4n) is 2.04. The van der Waals surface area contributed by atoms with Gasteiger partial charge in [0.15, 0.2) is 0 Å². The molecule has 0 spiro atoms. The average Bonchev–Trinajstić information content (AvgIpc) is 2.70. The number of hydrogen-bond acceptors (Lipinski definition) is 7. The zero-order valence-corrected chi connectivity index (χ0v) is 14.8. The van der Waals surface area contributed by atoms with Crippen molar-refractivity contribution in [2.24, 2.45) is 0 Å². The number of nitrogens with zero attached hydrogens (tertiary/aromatic N) is 3. The first-order valence-corrected chi connectivity index (χ1v) is 7.99. The maximum atomic E-state index is 11.2. The lowest BCUT2D eigenvalue weighted by atomic mass is 10.1. The van der Waals surface area contributed by atoms with E-state index in [-0.39, 0.29) is 18.8 Å². The van der Waals surface area contributed by atoms with Gasteiger partial charge in [-0.2, -0.15) is 10.5 Å². The molecule has 1 aromatic rings. The van der Waals surface area contributed by atoms with Gasteiger partial charge in [0.1, 0.15) is 30.9 Å². The lowest BCUT2D eigenvalue weighted by molar-refractivity contribution is -0.137. The van der Waals surface area contributed by atoms with Crippen LogP contribution in [-0.2, 0) is 19.1 Å². The van der Waals surface area contributed by atoms with Gasteiger partial charge in [0.2, 0.25) is 0 Å². The minimum absolute atomic E-state index is 0.00674. The molecule has 0 saturated carbocycles. The molecular formula is C20H19N3O4. The minimum Gasteiger partial charge on any atom is -0.461 e. The Morgan fingerprint density at radius 3 is 1.85 bits per heavy atom. The summed E-state index contributed by atoms with van der Waals surface area (Å²) in [5, 5.41) is 17.6. The van der Waals surface area contributed by atoms with Crippen LogP contribution in [0.15, 0.2) is 55.1 Å². The average molecular weight is 365 g/mol. The van der Waals surface area contributed by atoms with Crippen LogP contribution in [0.1, 0.15) is 5.56 Å². The van der Waals surface area contributed by atoms with Gasteiger partial charge in [0.05, 0.1) is 13.1 Å². The number of benzene rings is 1. The van der Waals surface area contributed by atoms with Crippen molar-refractivity contribution in [2.75, 3.05) is 31.2 Å². The molecule has 0 aliphatic heterocycles. The molecule has 0 amide bonds. The summed E-state index contributed by atoms with van der Waals surface area (Å²) in [4.78, 5) is 24.2. The molecule has 1 rings (SSSR count). The van der Waals surface area contributed by atoms with Gasteiger partial charge in [-0.05, 0) is 23.8 Å². The molecule has 27 heavy (non-hydrogen) atoms. The second-order valence-electron chi connectivity index (χ2n) is 5.10. The number of allylic oxidation sites excluding steroid dienone is 1. The molecule has 0 atom stereocenters. The Labute approximate surface area is 158 Å². The van der Waals surface area contributed by atoms with Gasteiger partial charge in [-0.15, -0.1) is 0 Å². The highest BCUT2D eigenvalue weighted by molar-refractivity contribution is 5.81. The van der Waals surface area contributed by atoms with E-state index in [1.807, 2.05) is 4.90 Å². The first-order valence-electron chi connectivity index (χ1n) is 7.99. The SMILES string of the molecule is C=CC(=O)OCCN(CCOC(=O)C=C)c1ccc(C=C(C#N)C#N)cc1. The summed E-state index contributed by atoms with van der Waals surface area (Å²) in [6.07, 6.45) is 3.64. The van der Waals surface area contributed by atoms with Crippen LogP contribution in [0.5, 0.6) is 0 Å². The van der Waals surface area contributed by atoms with Crippen molar-refractivity contribution in [3.63, 3.8) is 0 Å². The molecule has 0 N–H and O–H groups in total. The van der Waals surface area contributed by atoms with Crippen LogP contribution >= 0.6 is 0 Å². The van der Waals surface area contributed by atoms with Crippen LogP contribution in [0.3, 0.4) is 0 Å². The minimum atomic E-state index is -0.519. The standard InChI is InChI=1S/C20H19N3O4/c1-3-19(24)26-11-9-23(10-12-27-20(25)4-2)18-7-5-16(6-8-18)13-17(14-21)15-22/h3-8,13H,1-2,9-12H2. The van der Waals surface area contributed by atoms with Gasteiger partial charge in [-0.3, -0.25) is 0 Å². The number of ether oxygens (including phenoxy) is 2. The molecule has 7 nitrogen and oxygen atoms in total. The maximum absolute atomic E-state index is 11.2. The fraction of sp³-hybridized carbons (Fsp3) is 0.200. The largest absolute Gasteiger partial charge is 0.461 e. The van der Waals surface area contributed by atoms with Crippen LogP contribution in [-0.4, -0.2) is 38.2 Å². The number of hydrogen-bond donors (Lipinski definition) is 0. The third kappa shape index (κ3) is 7.72. The van der Waals surface area contributed by atoms with E-state index < -0.39 is 11.9 Å². The van der Waals surface area contributed by atoms with E-state index in [1.54, 1.807) is 36.4 Å². The Hall–Kier alpha value is -3.84. The van der Waals surface area contributed by atoms with Crippen LogP contribution < -0.4 is 4.90 Å². The van der Waals surface area contributed by atoms with E-state index in [0.29, 0.717) is 18.7 Å². The zero-order valence-electron chi connectivity index (χ0n) is 14.8. The summed E-state index contributed by atoms with van der Waals surface area (Å²) in [6, 6.07) is 10.7. The summed E-state index contributed by atoms with van der Waals surface area (Å²) in [7, 11) is 0. The smallest absolute Gasteiger partial charge is 0.330 e. The zero-order chi connectivity index (χ0) is 20.1. The molecule has 0 aliphatic rings. The molecule has 0 unspecified atom stereocenters. The number of rotatable bonds is 10. The van der Waals surface area contributed by atoms with Crippen molar-refractivity contribution < 1.29 is 19.1 Å². The Bertz CT molecular complexity index is 756. The van der Waals surface area contributed by atoms with Crippen molar-refractivity contribution in [1.29, 1.82) is 10.5 Å². The van der Waals surface area contributed by atoms with Gasteiger partial charge in [0, 0.05) is 17.8 Å². The number of anilines is 1. The topological polar surface area (TPSA) is 103 Å². The molecule has 7 heteroatoms. The van der Waals surface area contributed by atoms with Crippen LogP contribution in [0.25, 0.3) is 6.08 Å².